The second-order valence-electron chi connectivity index (χ2n) is 5.93. The Bertz CT molecular complexity index is 719. The quantitative estimate of drug-likeness (QED) is 0.737. The van der Waals surface area contributed by atoms with E-state index in [1.165, 1.54) is 33.5 Å². The van der Waals surface area contributed by atoms with Gasteiger partial charge in [-0.1, -0.05) is 0 Å². The molecule has 0 aromatic heterocycles. The molecule has 8 nitrogen and oxygen atoms in total. The molecule has 26 heavy (non-hydrogen) atoms. The maximum absolute atomic E-state index is 12.3. The molecule has 1 aromatic rings. The van der Waals surface area contributed by atoms with Gasteiger partial charge in [0.1, 0.15) is 16.9 Å². The third kappa shape index (κ3) is 4.17. The molecule has 140 valence electrons. The molecule has 0 aliphatic heterocycles. The Hall–Kier alpha value is -2.95. The highest BCUT2D eigenvalue weighted by molar-refractivity contribution is 5.95. The predicted octanol–water partition coefficient (Wildman–Crippen LogP) is 1.82. The van der Waals surface area contributed by atoms with E-state index in [0.717, 1.165) is 12.8 Å². The number of amides is 1. The standard InChI is InChI=1S/C18H22N2O6/c1-23-13-9-15(25-3)14(24-2)8-12(13)17(22)26-10-16(21)20-18(11-19)6-4-5-7-18/h8-9H,4-7,10H2,1-3H3,(H,20,21). The van der Waals surface area contributed by atoms with Crippen LogP contribution in [-0.4, -0.2) is 45.4 Å². The van der Waals surface area contributed by atoms with Crippen molar-refractivity contribution in [1.82, 2.24) is 5.32 Å². The van der Waals surface area contributed by atoms with Gasteiger partial charge in [-0.3, -0.25) is 4.79 Å². The summed E-state index contributed by atoms with van der Waals surface area (Å²) in [5, 5.41) is 11.9. The third-order valence-electron chi connectivity index (χ3n) is 4.31. The molecular formula is C18H22N2O6. The summed E-state index contributed by atoms with van der Waals surface area (Å²) in [7, 11) is 4.31. The molecule has 0 heterocycles. The van der Waals surface area contributed by atoms with Crippen molar-refractivity contribution >= 4 is 11.9 Å². The SMILES string of the molecule is COc1cc(OC)c(C(=O)OCC(=O)NC2(C#N)CCCC2)cc1OC. The molecule has 8 heteroatoms. The minimum Gasteiger partial charge on any atom is -0.496 e. The lowest BCUT2D eigenvalue weighted by atomic mass is 10.00. The number of carbonyl (C=O) groups is 2. The number of methoxy groups -OCH3 is 3. The monoisotopic (exact) mass is 362 g/mol. The molecule has 0 saturated heterocycles. The van der Waals surface area contributed by atoms with Gasteiger partial charge in [-0.2, -0.15) is 5.26 Å². The van der Waals surface area contributed by atoms with Gasteiger partial charge in [0, 0.05) is 12.1 Å². The Morgan fingerprint density at radius 2 is 1.65 bits per heavy atom. The van der Waals surface area contributed by atoms with Crippen molar-refractivity contribution in [3.8, 4) is 23.3 Å². The summed E-state index contributed by atoms with van der Waals surface area (Å²) in [4.78, 5) is 24.4. The summed E-state index contributed by atoms with van der Waals surface area (Å²) >= 11 is 0. The van der Waals surface area contributed by atoms with Crippen molar-refractivity contribution < 1.29 is 28.5 Å². The molecule has 0 atom stereocenters. The fourth-order valence-electron chi connectivity index (χ4n) is 2.94. The average molecular weight is 362 g/mol. The second kappa shape index (κ2) is 8.43. The Balaban J connectivity index is 2.05. The van der Waals surface area contributed by atoms with E-state index in [1.807, 2.05) is 0 Å². The van der Waals surface area contributed by atoms with E-state index in [-0.39, 0.29) is 11.3 Å². The molecular weight excluding hydrogens is 340 g/mol. The topological polar surface area (TPSA) is 107 Å². The Kier molecular flexibility index (Phi) is 6.28. The summed E-state index contributed by atoms with van der Waals surface area (Å²) in [6, 6.07) is 5.07. The molecule has 1 aromatic carbocycles. The zero-order valence-electron chi connectivity index (χ0n) is 15.1. The number of nitrogens with one attached hydrogen (secondary N) is 1. The van der Waals surface area contributed by atoms with E-state index in [9.17, 15) is 14.9 Å². The first-order chi connectivity index (χ1) is 12.5. The van der Waals surface area contributed by atoms with Crippen LogP contribution in [0.5, 0.6) is 17.2 Å². The van der Waals surface area contributed by atoms with Gasteiger partial charge in [-0.25, -0.2) is 4.79 Å². The number of ether oxygens (including phenoxy) is 4. The summed E-state index contributed by atoms with van der Waals surface area (Å²) in [6.45, 7) is -0.486. The van der Waals surface area contributed by atoms with Crippen LogP contribution in [-0.2, 0) is 9.53 Å². The molecule has 1 N–H and O–H groups in total. The smallest absolute Gasteiger partial charge is 0.342 e. The van der Waals surface area contributed by atoms with Crippen LogP contribution in [0.15, 0.2) is 12.1 Å². The number of rotatable bonds is 7. The van der Waals surface area contributed by atoms with Gasteiger partial charge in [0.2, 0.25) is 0 Å². The van der Waals surface area contributed by atoms with E-state index >= 15 is 0 Å². The van der Waals surface area contributed by atoms with E-state index in [1.54, 1.807) is 0 Å². The van der Waals surface area contributed by atoms with Crippen molar-refractivity contribution in [2.75, 3.05) is 27.9 Å². The highest BCUT2D eigenvalue weighted by Gasteiger charge is 2.35. The molecule has 1 aliphatic rings. The van der Waals surface area contributed by atoms with Crippen LogP contribution < -0.4 is 19.5 Å². The normalized spacial score (nSPS) is 14.8. The second-order valence-corrected chi connectivity index (χ2v) is 5.93. The maximum atomic E-state index is 12.3. The molecule has 1 saturated carbocycles. The highest BCUT2D eigenvalue weighted by Crippen LogP contribution is 2.35. The molecule has 2 rings (SSSR count). The molecule has 0 bridgehead atoms. The van der Waals surface area contributed by atoms with Gasteiger partial charge in [0.15, 0.2) is 18.1 Å². The van der Waals surface area contributed by atoms with Crippen molar-refractivity contribution in [1.29, 1.82) is 5.26 Å². The van der Waals surface area contributed by atoms with E-state index in [2.05, 4.69) is 11.4 Å². The van der Waals surface area contributed by atoms with Gasteiger partial charge in [0.25, 0.3) is 5.91 Å². The first-order valence-corrected chi connectivity index (χ1v) is 8.18. The zero-order valence-corrected chi connectivity index (χ0v) is 15.1. The first-order valence-electron chi connectivity index (χ1n) is 8.18. The lowest BCUT2D eigenvalue weighted by Crippen LogP contribution is -2.46. The van der Waals surface area contributed by atoms with E-state index in [4.69, 9.17) is 18.9 Å². The number of carbonyl (C=O) groups excluding carboxylic acids is 2. The average Bonchev–Trinajstić information content (AvgIpc) is 3.13. The summed E-state index contributed by atoms with van der Waals surface area (Å²) < 4.78 is 20.6. The van der Waals surface area contributed by atoms with Gasteiger partial charge in [-0.15, -0.1) is 0 Å². The predicted molar refractivity (Wildman–Crippen MR) is 91.3 cm³/mol. The third-order valence-corrected chi connectivity index (χ3v) is 4.31. The lowest BCUT2D eigenvalue weighted by Gasteiger charge is -2.21. The van der Waals surface area contributed by atoms with E-state index in [0.29, 0.717) is 24.3 Å². The van der Waals surface area contributed by atoms with Crippen molar-refractivity contribution in [2.45, 2.75) is 31.2 Å². The molecule has 1 fully saturated rings. The fourth-order valence-corrected chi connectivity index (χ4v) is 2.94. The fraction of sp³-hybridized carbons (Fsp3) is 0.500. The minimum atomic E-state index is -0.857. The molecule has 0 radical (unpaired) electrons. The number of nitrogens with zero attached hydrogens (tertiary/aromatic N) is 1. The Morgan fingerprint density at radius 3 is 2.19 bits per heavy atom. The summed E-state index contributed by atoms with van der Waals surface area (Å²) in [5.74, 6) is -0.288. The molecule has 1 amide bonds. The largest absolute Gasteiger partial charge is 0.496 e. The maximum Gasteiger partial charge on any atom is 0.342 e. The number of nitriles is 1. The van der Waals surface area contributed by atoms with Gasteiger partial charge < -0.3 is 24.3 Å². The summed E-state index contributed by atoms with van der Waals surface area (Å²) in [5.41, 5.74) is -0.751. The lowest BCUT2D eigenvalue weighted by molar-refractivity contribution is -0.125. The summed E-state index contributed by atoms with van der Waals surface area (Å²) in [6.07, 6.45) is 2.98. The molecule has 0 spiro atoms. The van der Waals surface area contributed by atoms with Crippen LogP contribution in [0.4, 0.5) is 0 Å². The highest BCUT2D eigenvalue weighted by atomic mass is 16.5. The van der Waals surface area contributed by atoms with E-state index < -0.39 is 24.0 Å². The van der Waals surface area contributed by atoms with Crippen LogP contribution in [0.1, 0.15) is 36.0 Å². The molecule has 1 aliphatic carbocycles. The van der Waals surface area contributed by atoms with Crippen LogP contribution in [0, 0.1) is 11.3 Å². The Morgan fingerprint density at radius 1 is 1.08 bits per heavy atom. The van der Waals surface area contributed by atoms with Crippen molar-refractivity contribution in [2.24, 2.45) is 0 Å². The van der Waals surface area contributed by atoms with Crippen LogP contribution in [0.25, 0.3) is 0 Å². The number of benzene rings is 1. The van der Waals surface area contributed by atoms with Gasteiger partial charge in [-0.05, 0) is 25.7 Å². The van der Waals surface area contributed by atoms with Crippen LogP contribution in [0.3, 0.4) is 0 Å². The zero-order chi connectivity index (χ0) is 19.2. The minimum absolute atomic E-state index is 0.105. The molecule has 0 unspecified atom stereocenters. The van der Waals surface area contributed by atoms with Gasteiger partial charge >= 0.3 is 5.97 Å². The van der Waals surface area contributed by atoms with Crippen LogP contribution >= 0.6 is 0 Å². The first kappa shape index (κ1) is 19.4. The Labute approximate surface area is 152 Å². The van der Waals surface area contributed by atoms with Crippen LogP contribution in [0.2, 0.25) is 0 Å². The van der Waals surface area contributed by atoms with Gasteiger partial charge in [0.05, 0.1) is 27.4 Å². The number of esters is 1. The number of hydrogen-bond donors (Lipinski definition) is 1. The van der Waals surface area contributed by atoms with Crippen molar-refractivity contribution in [3.63, 3.8) is 0 Å². The van der Waals surface area contributed by atoms with Crippen molar-refractivity contribution in [3.05, 3.63) is 17.7 Å². The number of hydrogen-bond acceptors (Lipinski definition) is 7.